The summed E-state index contributed by atoms with van der Waals surface area (Å²) in [5.41, 5.74) is 2.55. The van der Waals surface area contributed by atoms with E-state index in [-0.39, 0.29) is 11.5 Å². The average Bonchev–Trinajstić information content (AvgIpc) is 2.36. The molecule has 0 spiro atoms. The van der Waals surface area contributed by atoms with Gasteiger partial charge in [0, 0.05) is 0 Å². The largest absolute Gasteiger partial charge is 0.511 e. The molecule has 106 valence electrons. The molecule has 0 aliphatic carbocycles. The standard InChI is InChI=1S/C15H22O4/c1-4-6-8-11-9-12(7-5-2)14(19-15(17)18)13(16)10(11)3/h9,16H,4-8H2,1-3H3,(H,17,18). The van der Waals surface area contributed by atoms with E-state index in [0.29, 0.717) is 12.0 Å². The molecule has 19 heavy (non-hydrogen) atoms. The van der Waals surface area contributed by atoms with Gasteiger partial charge >= 0.3 is 6.16 Å². The van der Waals surface area contributed by atoms with Crippen LogP contribution in [0.15, 0.2) is 6.07 Å². The molecule has 0 heterocycles. The normalized spacial score (nSPS) is 10.5. The van der Waals surface area contributed by atoms with Crippen LogP contribution in [-0.2, 0) is 12.8 Å². The molecule has 4 heteroatoms. The maximum Gasteiger partial charge on any atom is 0.511 e. The highest BCUT2D eigenvalue weighted by Gasteiger charge is 2.18. The third-order valence-corrected chi connectivity index (χ3v) is 3.20. The average molecular weight is 266 g/mol. The number of hydrogen-bond donors (Lipinski definition) is 2. The van der Waals surface area contributed by atoms with Crippen LogP contribution in [0.25, 0.3) is 0 Å². The second kappa shape index (κ2) is 7.02. The van der Waals surface area contributed by atoms with Crippen molar-refractivity contribution >= 4 is 6.16 Å². The van der Waals surface area contributed by atoms with Crippen LogP contribution in [0.5, 0.6) is 11.5 Å². The molecule has 0 aliphatic rings. The lowest BCUT2D eigenvalue weighted by atomic mass is 9.96. The molecule has 0 aromatic heterocycles. The predicted octanol–water partition coefficient (Wildman–Crippen LogP) is 4.05. The first-order valence-electron chi connectivity index (χ1n) is 6.76. The number of carboxylic acid groups (broad SMARTS) is 1. The molecule has 1 aromatic rings. The Kier molecular flexibility index (Phi) is 5.67. The first-order valence-corrected chi connectivity index (χ1v) is 6.76. The van der Waals surface area contributed by atoms with Crippen LogP contribution in [0, 0.1) is 6.92 Å². The zero-order valence-corrected chi connectivity index (χ0v) is 11.8. The monoisotopic (exact) mass is 266 g/mol. The van der Waals surface area contributed by atoms with Crippen LogP contribution >= 0.6 is 0 Å². The highest BCUT2D eigenvalue weighted by atomic mass is 16.7. The molecule has 0 aliphatic heterocycles. The molecule has 0 atom stereocenters. The van der Waals surface area contributed by atoms with E-state index in [2.05, 4.69) is 6.92 Å². The first-order chi connectivity index (χ1) is 9.01. The summed E-state index contributed by atoms with van der Waals surface area (Å²) in [5.74, 6) is 0.0477. The minimum absolute atomic E-state index is 0.0422. The maximum absolute atomic E-state index is 10.7. The van der Waals surface area contributed by atoms with Crippen LogP contribution in [0.4, 0.5) is 4.79 Å². The van der Waals surface area contributed by atoms with Gasteiger partial charge in [0.2, 0.25) is 0 Å². The van der Waals surface area contributed by atoms with E-state index in [1.807, 2.05) is 13.0 Å². The molecule has 0 saturated heterocycles. The summed E-state index contributed by atoms with van der Waals surface area (Å²) in [6, 6.07) is 1.96. The highest BCUT2D eigenvalue weighted by molar-refractivity contribution is 5.66. The SMILES string of the molecule is CCCCc1cc(CCC)c(OC(=O)O)c(O)c1C. The van der Waals surface area contributed by atoms with Gasteiger partial charge in [-0.15, -0.1) is 0 Å². The molecular formula is C15H22O4. The lowest BCUT2D eigenvalue weighted by molar-refractivity contribution is 0.142. The molecule has 1 rings (SSSR count). The number of rotatable bonds is 6. The van der Waals surface area contributed by atoms with Gasteiger partial charge in [0.15, 0.2) is 11.5 Å². The molecule has 4 nitrogen and oxygen atoms in total. The second-order valence-electron chi connectivity index (χ2n) is 4.72. The van der Waals surface area contributed by atoms with Crippen molar-refractivity contribution in [1.82, 2.24) is 0 Å². The van der Waals surface area contributed by atoms with E-state index in [1.165, 1.54) is 0 Å². The third-order valence-electron chi connectivity index (χ3n) is 3.20. The summed E-state index contributed by atoms with van der Waals surface area (Å²) in [5, 5.41) is 18.9. The summed E-state index contributed by atoms with van der Waals surface area (Å²) in [6.45, 7) is 5.92. The molecule has 0 fully saturated rings. The summed E-state index contributed by atoms with van der Waals surface area (Å²) in [7, 11) is 0. The van der Waals surface area contributed by atoms with Gasteiger partial charge in [0.1, 0.15) is 0 Å². The predicted molar refractivity (Wildman–Crippen MR) is 74.1 cm³/mol. The number of phenolic OH excluding ortho intramolecular Hbond substituents is 1. The Hall–Kier alpha value is -1.71. The number of aromatic hydroxyl groups is 1. The van der Waals surface area contributed by atoms with Crippen LogP contribution in [0.1, 0.15) is 49.8 Å². The van der Waals surface area contributed by atoms with E-state index in [0.717, 1.165) is 36.8 Å². The van der Waals surface area contributed by atoms with Gasteiger partial charge in [-0.25, -0.2) is 4.79 Å². The van der Waals surface area contributed by atoms with Gasteiger partial charge in [-0.2, -0.15) is 0 Å². The summed E-state index contributed by atoms with van der Waals surface area (Å²) in [6.07, 6.45) is 3.18. The fourth-order valence-electron chi connectivity index (χ4n) is 2.14. The fraction of sp³-hybridized carbons (Fsp3) is 0.533. The number of carbonyl (C=O) groups is 1. The van der Waals surface area contributed by atoms with E-state index < -0.39 is 6.16 Å². The topological polar surface area (TPSA) is 66.8 Å². The van der Waals surface area contributed by atoms with Crippen molar-refractivity contribution in [3.8, 4) is 11.5 Å². The fourth-order valence-corrected chi connectivity index (χ4v) is 2.14. The molecular weight excluding hydrogens is 244 g/mol. The van der Waals surface area contributed by atoms with Crippen LogP contribution < -0.4 is 4.74 Å². The van der Waals surface area contributed by atoms with Crippen molar-refractivity contribution in [2.45, 2.75) is 52.9 Å². The third kappa shape index (κ3) is 3.88. The van der Waals surface area contributed by atoms with Crippen LogP contribution in [0.2, 0.25) is 0 Å². The maximum atomic E-state index is 10.7. The smallest absolute Gasteiger partial charge is 0.504 e. The number of unbranched alkanes of at least 4 members (excludes halogenated alkanes) is 1. The van der Waals surface area contributed by atoms with E-state index >= 15 is 0 Å². The molecule has 0 radical (unpaired) electrons. The minimum atomic E-state index is -1.40. The molecule has 1 aromatic carbocycles. The first kappa shape index (κ1) is 15.3. The zero-order valence-electron chi connectivity index (χ0n) is 11.8. The van der Waals surface area contributed by atoms with Crippen molar-refractivity contribution in [2.75, 3.05) is 0 Å². The summed E-state index contributed by atoms with van der Waals surface area (Å²) in [4.78, 5) is 10.7. The number of benzene rings is 1. The Morgan fingerprint density at radius 2 is 1.89 bits per heavy atom. The lowest BCUT2D eigenvalue weighted by Crippen LogP contribution is -2.07. The van der Waals surface area contributed by atoms with Crippen LogP contribution in [-0.4, -0.2) is 16.4 Å². The Labute approximate surface area is 114 Å². The van der Waals surface area contributed by atoms with Crippen molar-refractivity contribution < 1.29 is 19.7 Å². The summed E-state index contributed by atoms with van der Waals surface area (Å²) >= 11 is 0. The van der Waals surface area contributed by atoms with Gasteiger partial charge in [-0.3, -0.25) is 0 Å². The number of phenols is 1. The van der Waals surface area contributed by atoms with Crippen molar-refractivity contribution in [1.29, 1.82) is 0 Å². The van der Waals surface area contributed by atoms with Gasteiger partial charge in [0.05, 0.1) is 0 Å². The van der Waals surface area contributed by atoms with Crippen LogP contribution in [0.3, 0.4) is 0 Å². The Bertz CT molecular complexity index is 452. The van der Waals surface area contributed by atoms with Gasteiger partial charge < -0.3 is 14.9 Å². The zero-order chi connectivity index (χ0) is 14.4. The Morgan fingerprint density at radius 3 is 2.42 bits per heavy atom. The quantitative estimate of drug-likeness (QED) is 0.602. The van der Waals surface area contributed by atoms with Gasteiger partial charge in [0.25, 0.3) is 0 Å². The van der Waals surface area contributed by atoms with Crippen molar-refractivity contribution in [3.05, 3.63) is 22.8 Å². The van der Waals surface area contributed by atoms with Crippen molar-refractivity contribution in [2.24, 2.45) is 0 Å². The van der Waals surface area contributed by atoms with E-state index in [4.69, 9.17) is 9.84 Å². The minimum Gasteiger partial charge on any atom is -0.504 e. The molecule has 0 amide bonds. The number of hydrogen-bond acceptors (Lipinski definition) is 3. The highest BCUT2D eigenvalue weighted by Crippen LogP contribution is 2.37. The second-order valence-corrected chi connectivity index (χ2v) is 4.72. The number of ether oxygens (including phenoxy) is 1. The lowest BCUT2D eigenvalue weighted by Gasteiger charge is -2.15. The molecule has 0 saturated carbocycles. The van der Waals surface area contributed by atoms with Gasteiger partial charge in [-0.05, 0) is 42.9 Å². The van der Waals surface area contributed by atoms with E-state index in [1.54, 1.807) is 6.92 Å². The molecule has 0 bridgehead atoms. The Balaban J connectivity index is 3.22. The Morgan fingerprint density at radius 1 is 1.21 bits per heavy atom. The number of aryl methyl sites for hydroxylation is 2. The van der Waals surface area contributed by atoms with Crippen molar-refractivity contribution in [3.63, 3.8) is 0 Å². The van der Waals surface area contributed by atoms with Gasteiger partial charge in [-0.1, -0.05) is 32.8 Å². The molecule has 2 N–H and O–H groups in total. The summed E-state index contributed by atoms with van der Waals surface area (Å²) < 4.78 is 4.74. The molecule has 0 unspecified atom stereocenters. The van der Waals surface area contributed by atoms with E-state index in [9.17, 15) is 9.90 Å².